The standard InChI is InChI=1S/C28H22F3N3O2S.C3H6/c1-28(10-12-35-20-6-4-3-5-18(20)28)21-14-33-27(34-21)17-13-15(7-8-19(17)29)36-25-23(31)22(30)24-16(9-11-32-24)26(25)37-2;1-2-3-1/h3-9,11,13-14,32H,10,12H2,1-2H3,(H,33,34);1-3H2. The molecule has 1 atom stereocenters. The first kappa shape index (κ1) is 26.4. The third kappa shape index (κ3) is 4.72. The van der Waals surface area contributed by atoms with Crippen molar-refractivity contribution in [3.63, 3.8) is 0 Å². The molecule has 7 rings (SSSR count). The Labute approximate surface area is 234 Å². The van der Waals surface area contributed by atoms with Gasteiger partial charge in [-0.3, -0.25) is 0 Å². The van der Waals surface area contributed by atoms with Crippen molar-refractivity contribution >= 4 is 22.7 Å². The van der Waals surface area contributed by atoms with E-state index < -0.39 is 22.9 Å². The van der Waals surface area contributed by atoms with Crippen molar-refractivity contribution in [2.24, 2.45) is 0 Å². The van der Waals surface area contributed by atoms with E-state index in [1.807, 2.05) is 24.3 Å². The molecule has 0 radical (unpaired) electrons. The smallest absolute Gasteiger partial charge is 0.204 e. The lowest BCUT2D eigenvalue weighted by Gasteiger charge is -2.34. The highest BCUT2D eigenvalue weighted by atomic mass is 32.2. The molecule has 0 bridgehead atoms. The zero-order chi connectivity index (χ0) is 27.9. The van der Waals surface area contributed by atoms with E-state index in [0.29, 0.717) is 22.7 Å². The Bertz CT molecular complexity index is 1690. The number of nitrogens with zero attached hydrogens (tertiary/aromatic N) is 1. The van der Waals surface area contributed by atoms with Crippen LogP contribution in [0.4, 0.5) is 13.2 Å². The summed E-state index contributed by atoms with van der Waals surface area (Å²) in [7, 11) is 0. The second kappa shape index (κ2) is 10.6. The van der Waals surface area contributed by atoms with Crippen LogP contribution in [0.3, 0.4) is 0 Å². The Hall–Kier alpha value is -3.85. The summed E-state index contributed by atoms with van der Waals surface area (Å²) in [5.41, 5.74) is 1.67. The molecule has 2 aromatic heterocycles. The van der Waals surface area contributed by atoms with E-state index in [1.165, 1.54) is 49.2 Å². The molecule has 0 amide bonds. The van der Waals surface area contributed by atoms with E-state index in [-0.39, 0.29) is 22.6 Å². The first-order valence-corrected chi connectivity index (χ1v) is 14.4. The summed E-state index contributed by atoms with van der Waals surface area (Å²) in [5, 5.41) is 0.504. The normalized spacial score (nSPS) is 17.5. The Kier molecular flexibility index (Phi) is 7.00. The van der Waals surface area contributed by atoms with E-state index in [4.69, 9.17) is 9.47 Å². The summed E-state index contributed by atoms with van der Waals surface area (Å²) in [6.45, 7) is 2.64. The van der Waals surface area contributed by atoms with Gasteiger partial charge in [-0.25, -0.2) is 13.8 Å². The molecule has 1 fully saturated rings. The molecule has 1 aliphatic carbocycles. The van der Waals surface area contributed by atoms with Gasteiger partial charge in [-0.15, -0.1) is 11.8 Å². The summed E-state index contributed by atoms with van der Waals surface area (Å²) >= 11 is 1.23. The molecule has 40 heavy (non-hydrogen) atoms. The van der Waals surface area contributed by atoms with E-state index in [1.54, 1.807) is 24.7 Å². The summed E-state index contributed by atoms with van der Waals surface area (Å²) in [4.78, 5) is 10.9. The molecule has 1 saturated carbocycles. The van der Waals surface area contributed by atoms with Crippen molar-refractivity contribution in [1.29, 1.82) is 0 Å². The number of H-pyrrole nitrogens is 2. The lowest BCUT2D eigenvalue weighted by Crippen LogP contribution is -2.31. The number of nitrogens with one attached hydrogen (secondary N) is 2. The molecule has 2 aliphatic rings. The Morgan fingerprint density at radius 3 is 2.60 bits per heavy atom. The number of fused-ring (bicyclic) bond motifs is 2. The second-order valence-corrected chi connectivity index (χ2v) is 10.9. The number of thioether (sulfide) groups is 1. The average Bonchev–Trinajstić information content (AvgIpc) is 3.62. The summed E-state index contributed by atoms with van der Waals surface area (Å²) < 4.78 is 56.2. The molecule has 0 spiro atoms. The van der Waals surface area contributed by atoms with Crippen molar-refractivity contribution in [3.8, 4) is 28.6 Å². The molecule has 5 nitrogen and oxygen atoms in total. The van der Waals surface area contributed by atoms with Gasteiger partial charge in [0.05, 0.1) is 22.6 Å². The van der Waals surface area contributed by atoms with Gasteiger partial charge < -0.3 is 19.4 Å². The van der Waals surface area contributed by atoms with Gasteiger partial charge in [0, 0.05) is 34.5 Å². The number of benzene rings is 3. The number of halogens is 3. The number of rotatable bonds is 5. The van der Waals surface area contributed by atoms with Crippen LogP contribution in [-0.2, 0) is 5.41 Å². The van der Waals surface area contributed by atoms with Gasteiger partial charge in [-0.2, -0.15) is 4.39 Å². The number of ether oxygens (including phenoxy) is 2. The molecule has 3 aromatic carbocycles. The maximum Gasteiger partial charge on any atom is 0.204 e. The van der Waals surface area contributed by atoms with Crippen molar-refractivity contribution in [3.05, 3.63) is 89.6 Å². The molecule has 5 aromatic rings. The number of hydrogen-bond acceptors (Lipinski definition) is 4. The highest BCUT2D eigenvalue weighted by Gasteiger charge is 2.36. The maximum absolute atomic E-state index is 15.0. The lowest BCUT2D eigenvalue weighted by atomic mass is 9.75. The first-order valence-electron chi connectivity index (χ1n) is 13.2. The Balaban J connectivity index is 0.000000905. The second-order valence-electron chi connectivity index (χ2n) is 10.1. The number of hydrogen-bond donors (Lipinski definition) is 2. The van der Waals surface area contributed by atoms with Gasteiger partial charge in [-0.05, 0) is 49.9 Å². The number of aromatic nitrogens is 3. The fraction of sp³-hybridized carbons (Fsp3) is 0.258. The summed E-state index contributed by atoms with van der Waals surface area (Å²) in [6, 6.07) is 13.5. The zero-order valence-electron chi connectivity index (χ0n) is 22.1. The number of para-hydroxylation sites is 1. The quantitative estimate of drug-likeness (QED) is 0.210. The average molecular weight is 564 g/mol. The SMILES string of the molecule is C1CC1.CSc1c(Oc2ccc(F)c(-c3ncc(C4(C)CCOc5ccccc54)[nH]3)c2)c(F)c(F)c2[nH]ccc12. The predicted octanol–water partition coefficient (Wildman–Crippen LogP) is 8.75. The molecule has 9 heteroatoms. The topological polar surface area (TPSA) is 62.9 Å². The molecular weight excluding hydrogens is 535 g/mol. The minimum Gasteiger partial charge on any atom is -0.493 e. The van der Waals surface area contributed by atoms with E-state index >= 15 is 0 Å². The van der Waals surface area contributed by atoms with Gasteiger partial charge in [0.1, 0.15) is 23.1 Å². The fourth-order valence-electron chi connectivity index (χ4n) is 4.90. The number of aromatic amines is 2. The molecule has 206 valence electrons. The molecule has 0 saturated heterocycles. The summed E-state index contributed by atoms with van der Waals surface area (Å²) in [5.74, 6) is -1.65. The van der Waals surface area contributed by atoms with E-state index in [0.717, 1.165) is 23.4 Å². The van der Waals surface area contributed by atoms with Crippen LogP contribution in [0.2, 0.25) is 0 Å². The minimum absolute atomic E-state index is 0.0697. The fourth-order valence-corrected chi connectivity index (χ4v) is 5.61. The predicted molar refractivity (Wildman–Crippen MR) is 151 cm³/mol. The highest BCUT2D eigenvalue weighted by molar-refractivity contribution is 7.99. The molecule has 1 aliphatic heterocycles. The van der Waals surface area contributed by atoms with Crippen LogP contribution in [0.5, 0.6) is 17.2 Å². The van der Waals surface area contributed by atoms with Crippen LogP contribution in [-0.4, -0.2) is 27.8 Å². The number of imidazole rings is 1. The van der Waals surface area contributed by atoms with Gasteiger partial charge in [0.25, 0.3) is 0 Å². The highest BCUT2D eigenvalue weighted by Crippen LogP contribution is 2.44. The largest absolute Gasteiger partial charge is 0.493 e. The van der Waals surface area contributed by atoms with Gasteiger partial charge in [0.15, 0.2) is 11.6 Å². The zero-order valence-corrected chi connectivity index (χ0v) is 22.9. The van der Waals surface area contributed by atoms with Crippen molar-refractivity contribution in [2.45, 2.75) is 42.9 Å². The van der Waals surface area contributed by atoms with Crippen molar-refractivity contribution in [2.75, 3.05) is 12.9 Å². The molecule has 3 heterocycles. The molecule has 2 N–H and O–H groups in total. The van der Waals surface area contributed by atoms with Crippen molar-refractivity contribution < 1.29 is 22.6 Å². The third-order valence-corrected chi connectivity index (χ3v) is 8.10. The first-order chi connectivity index (χ1) is 19.4. The Morgan fingerprint density at radius 2 is 1.82 bits per heavy atom. The van der Waals surface area contributed by atoms with Crippen LogP contribution in [0.15, 0.2) is 65.8 Å². The monoisotopic (exact) mass is 563 g/mol. The maximum atomic E-state index is 15.0. The molecular formula is C31H28F3N3O2S. The Morgan fingerprint density at radius 1 is 1.02 bits per heavy atom. The third-order valence-electron chi connectivity index (χ3n) is 7.29. The van der Waals surface area contributed by atoms with Crippen LogP contribution < -0.4 is 9.47 Å². The van der Waals surface area contributed by atoms with Crippen LogP contribution >= 0.6 is 11.8 Å². The summed E-state index contributed by atoms with van der Waals surface area (Å²) in [6.07, 6.45) is 10.2. The van der Waals surface area contributed by atoms with Crippen LogP contribution in [0.25, 0.3) is 22.3 Å². The van der Waals surface area contributed by atoms with Gasteiger partial charge in [-0.1, -0.05) is 37.5 Å². The van der Waals surface area contributed by atoms with Crippen LogP contribution in [0.1, 0.15) is 43.9 Å². The lowest BCUT2D eigenvalue weighted by molar-refractivity contribution is 0.241. The van der Waals surface area contributed by atoms with Crippen LogP contribution in [0, 0.1) is 17.5 Å². The molecule has 1 unspecified atom stereocenters. The minimum atomic E-state index is -1.11. The van der Waals surface area contributed by atoms with E-state index in [9.17, 15) is 13.2 Å². The van der Waals surface area contributed by atoms with E-state index in [2.05, 4.69) is 21.9 Å². The van der Waals surface area contributed by atoms with Gasteiger partial charge in [0.2, 0.25) is 5.82 Å². The van der Waals surface area contributed by atoms with Gasteiger partial charge >= 0.3 is 0 Å². The van der Waals surface area contributed by atoms with Crippen molar-refractivity contribution in [1.82, 2.24) is 15.0 Å².